The van der Waals surface area contributed by atoms with Crippen LogP contribution in [0.1, 0.15) is 13.3 Å². The molecule has 1 radical (unpaired) electrons. The first-order chi connectivity index (χ1) is 5.34. The van der Waals surface area contributed by atoms with Crippen LogP contribution in [0.5, 0.6) is 5.75 Å². The molecule has 0 aliphatic rings. The zero-order chi connectivity index (χ0) is 8.10. The lowest BCUT2D eigenvalue weighted by Crippen LogP contribution is -1.94. The van der Waals surface area contributed by atoms with Crippen LogP contribution in [0.4, 0.5) is 0 Å². The van der Waals surface area contributed by atoms with Crippen LogP contribution in [0.25, 0.3) is 0 Å². The van der Waals surface area contributed by atoms with Gasteiger partial charge in [-0.1, -0.05) is 24.6 Å². The molecule has 0 fully saturated rings. The van der Waals surface area contributed by atoms with E-state index in [1.165, 1.54) is 0 Å². The summed E-state index contributed by atoms with van der Waals surface area (Å²) in [5, 5.41) is 0.626. The quantitative estimate of drug-likeness (QED) is 0.676. The second-order valence-electron chi connectivity index (χ2n) is 2.20. The molecule has 0 saturated heterocycles. The largest absolute Gasteiger partial charge is 0.492 e. The molecular formula is C9H10ClO. The van der Waals surface area contributed by atoms with Gasteiger partial charge in [-0.3, -0.25) is 0 Å². The van der Waals surface area contributed by atoms with Crippen LogP contribution in [0, 0.1) is 6.07 Å². The summed E-state index contributed by atoms with van der Waals surface area (Å²) in [4.78, 5) is 0. The van der Waals surface area contributed by atoms with E-state index in [9.17, 15) is 0 Å². The van der Waals surface area contributed by atoms with E-state index in [-0.39, 0.29) is 0 Å². The molecule has 1 aromatic carbocycles. The second kappa shape index (κ2) is 4.24. The van der Waals surface area contributed by atoms with Gasteiger partial charge in [-0.05, 0) is 24.6 Å². The Hall–Kier alpha value is -0.690. The molecule has 0 aliphatic carbocycles. The first-order valence-corrected chi connectivity index (χ1v) is 4.00. The summed E-state index contributed by atoms with van der Waals surface area (Å²) in [5.41, 5.74) is 0. The van der Waals surface area contributed by atoms with Crippen molar-refractivity contribution >= 4 is 11.6 Å². The van der Waals surface area contributed by atoms with Crippen molar-refractivity contribution in [3.8, 4) is 5.75 Å². The number of hydrogen-bond donors (Lipinski definition) is 0. The van der Waals surface area contributed by atoms with Crippen LogP contribution < -0.4 is 4.74 Å². The van der Waals surface area contributed by atoms with E-state index in [1.54, 1.807) is 12.1 Å². The highest BCUT2D eigenvalue weighted by Crippen LogP contribution is 2.22. The van der Waals surface area contributed by atoms with E-state index >= 15 is 0 Å². The Balaban J connectivity index is 2.62. The lowest BCUT2D eigenvalue weighted by Gasteiger charge is -2.04. The van der Waals surface area contributed by atoms with Crippen LogP contribution in [-0.2, 0) is 0 Å². The Morgan fingerprint density at radius 3 is 3.09 bits per heavy atom. The summed E-state index contributed by atoms with van der Waals surface area (Å²) in [6.07, 6.45) is 0.995. The van der Waals surface area contributed by atoms with Crippen molar-refractivity contribution in [3.05, 3.63) is 29.3 Å². The van der Waals surface area contributed by atoms with Gasteiger partial charge in [-0.15, -0.1) is 0 Å². The molecule has 59 valence electrons. The molecule has 0 amide bonds. The molecule has 0 atom stereocenters. The summed E-state index contributed by atoms with van der Waals surface area (Å²) in [6.45, 7) is 2.77. The summed E-state index contributed by atoms with van der Waals surface area (Å²) >= 11 is 5.80. The predicted molar refractivity (Wildman–Crippen MR) is 46.1 cm³/mol. The number of benzene rings is 1. The molecule has 0 saturated carbocycles. The Morgan fingerprint density at radius 2 is 2.45 bits per heavy atom. The Kier molecular flexibility index (Phi) is 3.24. The van der Waals surface area contributed by atoms with E-state index < -0.39 is 0 Å². The minimum Gasteiger partial charge on any atom is -0.492 e. The zero-order valence-corrected chi connectivity index (χ0v) is 7.19. The van der Waals surface area contributed by atoms with Gasteiger partial charge in [0.25, 0.3) is 0 Å². The van der Waals surface area contributed by atoms with Gasteiger partial charge >= 0.3 is 0 Å². The van der Waals surface area contributed by atoms with Gasteiger partial charge in [-0.25, -0.2) is 0 Å². The molecule has 0 spiro atoms. The molecule has 11 heavy (non-hydrogen) atoms. The molecule has 1 rings (SSSR count). The minimum absolute atomic E-state index is 0.626. The van der Waals surface area contributed by atoms with Crippen molar-refractivity contribution in [3.63, 3.8) is 0 Å². The fourth-order valence-electron chi connectivity index (χ4n) is 0.725. The third kappa shape index (κ3) is 2.43. The molecule has 1 aromatic rings. The van der Waals surface area contributed by atoms with E-state index in [4.69, 9.17) is 16.3 Å². The molecular weight excluding hydrogens is 160 g/mol. The van der Waals surface area contributed by atoms with Crippen molar-refractivity contribution in [2.24, 2.45) is 0 Å². The molecule has 0 bridgehead atoms. The monoisotopic (exact) mass is 169 g/mol. The van der Waals surface area contributed by atoms with Crippen LogP contribution >= 0.6 is 11.6 Å². The predicted octanol–water partition coefficient (Wildman–Crippen LogP) is 2.93. The summed E-state index contributed by atoms with van der Waals surface area (Å²) in [7, 11) is 0. The zero-order valence-electron chi connectivity index (χ0n) is 6.43. The normalized spacial score (nSPS) is 9.64. The number of rotatable bonds is 3. The van der Waals surface area contributed by atoms with E-state index in [1.807, 2.05) is 6.07 Å². The van der Waals surface area contributed by atoms with Crippen LogP contribution in [-0.4, -0.2) is 6.61 Å². The summed E-state index contributed by atoms with van der Waals surface area (Å²) in [6, 6.07) is 8.17. The average Bonchev–Trinajstić information content (AvgIpc) is 2.03. The Bertz CT molecular complexity index is 223. The van der Waals surface area contributed by atoms with Crippen molar-refractivity contribution in [1.82, 2.24) is 0 Å². The molecule has 0 heterocycles. The van der Waals surface area contributed by atoms with Gasteiger partial charge in [0.2, 0.25) is 0 Å². The molecule has 0 aromatic heterocycles. The van der Waals surface area contributed by atoms with Crippen molar-refractivity contribution in [1.29, 1.82) is 0 Å². The lowest BCUT2D eigenvalue weighted by molar-refractivity contribution is 0.317. The highest BCUT2D eigenvalue weighted by molar-refractivity contribution is 6.32. The van der Waals surface area contributed by atoms with E-state index in [0.29, 0.717) is 11.6 Å². The second-order valence-corrected chi connectivity index (χ2v) is 2.61. The van der Waals surface area contributed by atoms with Crippen LogP contribution in [0.15, 0.2) is 18.2 Å². The Morgan fingerprint density at radius 1 is 1.64 bits per heavy atom. The first-order valence-electron chi connectivity index (χ1n) is 3.63. The number of halogens is 1. The molecule has 1 nitrogen and oxygen atoms in total. The van der Waals surface area contributed by atoms with Crippen molar-refractivity contribution < 1.29 is 4.74 Å². The Labute approximate surface area is 71.9 Å². The van der Waals surface area contributed by atoms with Crippen molar-refractivity contribution in [2.75, 3.05) is 6.61 Å². The lowest BCUT2D eigenvalue weighted by atomic mass is 10.3. The van der Waals surface area contributed by atoms with Crippen molar-refractivity contribution in [2.45, 2.75) is 13.3 Å². The van der Waals surface area contributed by atoms with Crippen LogP contribution in [0.2, 0.25) is 5.02 Å². The fraction of sp³-hybridized carbons (Fsp3) is 0.333. The molecule has 2 heteroatoms. The van der Waals surface area contributed by atoms with Gasteiger partial charge in [0.05, 0.1) is 11.6 Å². The van der Waals surface area contributed by atoms with Gasteiger partial charge in [0.15, 0.2) is 0 Å². The highest BCUT2D eigenvalue weighted by atomic mass is 35.5. The van der Waals surface area contributed by atoms with Gasteiger partial charge in [-0.2, -0.15) is 0 Å². The SMILES string of the molecule is CCCOc1cc[c]cc1Cl. The summed E-state index contributed by atoms with van der Waals surface area (Å²) < 4.78 is 5.33. The molecule has 0 unspecified atom stereocenters. The maximum atomic E-state index is 5.80. The summed E-state index contributed by atoms with van der Waals surface area (Å²) in [5.74, 6) is 0.743. The molecule has 0 aliphatic heterocycles. The topological polar surface area (TPSA) is 9.23 Å². The van der Waals surface area contributed by atoms with Gasteiger partial charge < -0.3 is 4.74 Å². The first kappa shape index (κ1) is 8.41. The van der Waals surface area contributed by atoms with E-state index in [2.05, 4.69) is 13.0 Å². The maximum absolute atomic E-state index is 5.80. The molecule has 0 N–H and O–H groups in total. The third-order valence-electron chi connectivity index (χ3n) is 1.24. The maximum Gasteiger partial charge on any atom is 0.137 e. The van der Waals surface area contributed by atoms with Gasteiger partial charge in [0, 0.05) is 0 Å². The van der Waals surface area contributed by atoms with Gasteiger partial charge in [0.1, 0.15) is 5.75 Å². The highest BCUT2D eigenvalue weighted by Gasteiger charge is 1.96. The van der Waals surface area contributed by atoms with Crippen LogP contribution in [0.3, 0.4) is 0 Å². The number of hydrogen-bond acceptors (Lipinski definition) is 1. The average molecular weight is 170 g/mol. The number of ether oxygens (including phenoxy) is 1. The minimum atomic E-state index is 0.626. The third-order valence-corrected chi connectivity index (χ3v) is 1.53. The standard InChI is InChI=1S/C9H10ClO/c1-2-7-11-9-6-4-3-5-8(9)10/h4-6H,2,7H2,1H3. The smallest absolute Gasteiger partial charge is 0.137 e. The fourth-order valence-corrected chi connectivity index (χ4v) is 0.905. The van der Waals surface area contributed by atoms with E-state index in [0.717, 1.165) is 12.2 Å².